The van der Waals surface area contributed by atoms with E-state index in [1.807, 2.05) is 20.8 Å². The van der Waals surface area contributed by atoms with Crippen LogP contribution in [0.15, 0.2) is 0 Å². The molecule has 0 fully saturated rings. The molecule has 2 unspecified atom stereocenters. The summed E-state index contributed by atoms with van der Waals surface area (Å²) in [7, 11) is 0. The molecule has 0 saturated carbocycles. The molecule has 0 heterocycles. The van der Waals surface area contributed by atoms with Crippen molar-refractivity contribution in [2.24, 2.45) is 11.7 Å². The summed E-state index contributed by atoms with van der Waals surface area (Å²) in [5.41, 5.74) is 5.64. The second kappa shape index (κ2) is 5.60. The van der Waals surface area contributed by atoms with E-state index in [0.29, 0.717) is 0 Å². The van der Waals surface area contributed by atoms with Crippen LogP contribution in [-0.4, -0.2) is 18.0 Å². The van der Waals surface area contributed by atoms with Crippen LogP contribution in [0, 0.1) is 18.3 Å². The highest BCUT2D eigenvalue weighted by atomic mass is 16.2. The molecular formula is C10H18N2O. The Morgan fingerprint density at radius 1 is 1.62 bits per heavy atom. The third-order valence-corrected chi connectivity index (χ3v) is 1.95. The highest BCUT2D eigenvalue weighted by molar-refractivity contribution is 5.82. The van der Waals surface area contributed by atoms with Gasteiger partial charge in [0.2, 0.25) is 5.91 Å². The molecule has 0 saturated heterocycles. The molecule has 0 aliphatic carbocycles. The van der Waals surface area contributed by atoms with E-state index < -0.39 is 6.04 Å². The van der Waals surface area contributed by atoms with Gasteiger partial charge < -0.3 is 11.1 Å². The predicted octanol–water partition coefficient (Wildman–Crippen LogP) is 0.498. The normalized spacial score (nSPS) is 14.8. The van der Waals surface area contributed by atoms with E-state index in [-0.39, 0.29) is 17.9 Å². The fourth-order valence-corrected chi connectivity index (χ4v) is 0.832. The average Bonchev–Trinajstić information content (AvgIpc) is 2.12. The van der Waals surface area contributed by atoms with E-state index in [2.05, 4.69) is 11.2 Å². The molecule has 3 N–H and O–H groups in total. The van der Waals surface area contributed by atoms with Gasteiger partial charge in [-0.3, -0.25) is 4.79 Å². The van der Waals surface area contributed by atoms with Crippen molar-refractivity contribution in [3.05, 3.63) is 0 Å². The Morgan fingerprint density at radius 2 is 2.15 bits per heavy atom. The maximum Gasteiger partial charge on any atom is 0.238 e. The molecule has 1 amide bonds. The molecule has 0 aliphatic rings. The molecule has 2 atom stereocenters. The van der Waals surface area contributed by atoms with Crippen molar-refractivity contribution in [2.45, 2.75) is 39.3 Å². The van der Waals surface area contributed by atoms with Crippen molar-refractivity contribution in [1.29, 1.82) is 0 Å². The number of amides is 1. The number of nitrogens with one attached hydrogen (secondary N) is 1. The number of terminal acetylenes is 1. The van der Waals surface area contributed by atoms with Gasteiger partial charge in [-0.25, -0.2) is 0 Å². The molecule has 0 bridgehead atoms. The van der Waals surface area contributed by atoms with Gasteiger partial charge in [-0.1, -0.05) is 26.7 Å². The molecule has 3 nitrogen and oxygen atoms in total. The number of hydrogen-bond acceptors (Lipinski definition) is 2. The minimum atomic E-state index is -0.470. The van der Waals surface area contributed by atoms with Crippen LogP contribution in [0.1, 0.15) is 27.2 Å². The van der Waals surface area contributed by atoms with Crippen molar-refractivity contribution >= 4 is 5.91 Å². The zero-order valence-electron chi connectivity index (χ0n) is 8.50. The fraction of sp³-hybridized carbons (Fsp3) is 0.700. The number of hydrogen-bond donors (Lipinski definition) is 2. The van der Waals surface area contributed by atoms with Gasteiger partial charge in [-0.15, -0.1) is 6.42 Å². The Hall–Kier alpha value is -1.01. The van der Waals surface area contributed by atoms with Crippen molar-refractivity contribution in [2.75, 3.05) is 0 Å². The maximum absolute atomic E-state index is 11.4. The first-order valence-corrected chi connectivity index (χ1v) is 4.55. The highest BCUT2D eigenvalue weighted by Gasteiger charge is 2.18. The molecule has 13 heavy (non-hydrogen) atoms. The predicted molar refractivity (Wildman–Crippen MR) is 53.9 cm³/mol. The van der Waals surface area contributed by atoms with E-state index in [9.17, 15) is 4.79 Å². The number of rotatable bonds is 4. The first-order valence-electron chi connectivity index (χ1n) is 4.55. The van der Waals surface area contributed by atoms with Crippen molar-refractivity contribution in [1.82, 2.24) is 5.32 Å². The number of carbonyl (C=O) groups is 1. The van der Waals surface area contributed by atoms with Gasteiger partial charge in [0, 0.05) is 0 Å². The van der Waals surface area contributed by atoms with Gasteiger partial charge in [0.25, 0.3) is 0 Å². The third-order valence-electron chi connectivity index (χ3n) is 1.95. The standard InChI is InChI=1S/C10H18N2O/c1-5-8(6-2)12-10(13)9(11)7(3)4/h1,7-9H,6,11H2,2-4H3,(H,12,13). The smallest absolute Gasteiger partial charge is 0.238 e. The molecule has 0 aromatic heterocycles. The summed E-state index contributed by atoms with van der Waals surface area (Å²) >= 11 is 0. The SMILES string of the molecule is C#CC(CC)NC(=O)C(N)C(C)C. The first kappa shape index (κ1) is 12.0. The van der Waals surface area contributed by atoms with Crippen LogP contribution in [0.3, 0.4) is 0 Å². The minimum absolute atomic E-state index is 0.135. The summed E-state index contributed by atoms with van der Waals surface area (Å²) in [4.78, 5) is 11.4. The lowest BCUT2D eigenvalue weighted by molar-refractivity contribution is -0.123. The molecule has 0 aliphatic heterocycles. The summed E-state index contributed by atoms with van der Waals surface area (Å²) in [5.74, 6) is 2.46. The summed E-state index contributed by atoms with van der Waals surface area (Å²) in [6.45, 7) is 5.73. The molecule has 74 valence electrons. The molecular weight excluding hydrogens is 164 g/mol. The lowest BCUT2D eigenvalue weighted by atomic mass is 10.0. The molecule has 0 aromatic carbocycles. The van der Waals surface area contributed by atoms with Crippen LogP contribution >= 0.6 is 0 Å². The second-order valence-electron chi connectivity index (χ2n) is 3.41. The highest BCUT2D eigenvalue weighted by Crippen LogP contribution is 1.99. The van der Waals surface area contributed by atoms with Crippen LogP contribution in [0.5, 0.6) is 0 Å². The Balaban J connectivity index is 4.08. The van der Waals surface area contributed by atoms with E-state index in [4.69, 9.17) is 12.2 Å². The molecule has 0 radical (unpaired) electrons. The molecule has 0 rings (SSSR count). The van der Waals surface area contributed by atoms with Gasteiger partial charge in [-0.05, 0) is 12.3 Å². The van der Waals surface area contributed by atoms with Gasteiger partial charge in [0.15, 0.2) is 0 Å². The van der Waals surface area contributed by atoms with Crippen LogP contribution in [0.4, 0.5) is 0 Å². The summed E-state index contributed by atoms with van der Waals surface area (Å²) in [6.07, 6.45) is 5.93. The average molecular weight is 182 g/mol. The first-order chi connectivity index (χ1) is 6.02. The summed E-state index contributed by atoms with van der Waals surface area (Å²) in [5, 5.41) is 2.70. The quantitative estimate of drug-likeness (QED) is 0.622. The van der Waals surface area contributed by atoms with Crippen molar-refractivity contribution in [3.63, 3.8) is 0 Å². The van der Waals surface area contributed by atoms with Gasteiger partial charge in [-0.2, -0.15) is 0 Å². The summed E-state index contributed by atoms with van der Waals surface area (Å²) < 4.78 is 0. The van der Waals surface area contributed by atoms with E-state index in [0.717, 1.165) is 6.42 Å². The van der Waals surface area contributed by atoms with Crippen LogP contribution in [0.2, 0.25) is 0 Å². The maximum atomic E-state index is 11.4. The Kier molecular flexibility index (Phi) is 5.17. The van der Waals surface area contributed by atoms with E-state index in [1.165, 1.54) is 0 Å². The van der Waals surface area contributed by atoms with E-state index >= 15 is 0 Å². The molecule has 0 aromatic rings. The topological polar surface area (TPSA) is 55.1 Å². The van der Waals surface area contributed by atoms with Crippen molar-refractivity contribution in [3.8, 4) is 12.3 Å². The second-order valence-corrected chi connectivity index (χ2v) is 3.41. The fourth-order valence-electron chi connectivity index (χ4n) is 0.832. The summed E-state index contributed by atoms with van der Waals surface area (Å²) in [6, 6.07) is -0.667. The van der Waals surface area contributed by atoms with Gasteiger partial charge in [0.1, 0.15) is 0 Å². The van der Waals surface area contributed by atoms with Crippen LogP contribution in [-0.2, 0) is 4.79 Å². The largest absolute Gasteiger partial charge is 0.341 e. The number of carbonyl (C=O) groups excluding carboxylic acids is 1. The zero-order chi connectivity index (χ0) is 10.4. The van der Waals surface area contributed by atoms with Crippen molar-refractivity contribution < 1.29 is 4.79 Å². The monoisotopic (exact) mass is 182 g/mol. The van der Waals surface area contributed by atoms with Crippen LogP contribution < -0.4 is 11.1 Å². The molecule has 3 heteroatoms. The van der Waals surface area contributed by atoms with Crippen LogP contribution in [0.25, 0.3) is 0 Å². The third kappa shape index (κ3) is 3.95. The molecule has 0 spiro atoms. The van der Waals surface area contributed by atoms with Gasteiger partial charge >= 0.3 is 0 Å². The van der Waals surface area contributed by atoms with E-state index in [1.54, 1.807) is 0 Å². The Labute approximate surface area is 80.1 Å². The lowest BCUT2D eigenvalue weighted by Crippen LogP contribution is -2.47. The lowest BCUT2D eigenvalue weighted by Gasteiger charge is -2.17. The zero-order valence-corrected chi connectivity index (χ0v) is 8.50. The Morgan fingerprint density at radius 3 is 2.46 bits per heavy atom. The minimum Gasteiger partial charge on any atom is -0.341 e. The number of nitrogens with two attached hydrogens (primary N) is 1. The Bertz CT molecular complexity index is 205. The van der Waals surface area contributed by atoms with Gasteiger partial charge in [0.05, 0.1) is 12.1 Å².